The van der Waals surface area contributed by atoms with E-state index in [9.17, 15) is 13.6 Å². The molecule has 0 saturated heterocycles. The lowest BCUT2D eigenvalue weighted by atomic mass is 10.1. The molecule has 4 aromatic rings. The zero-order valence-corrected chi connectivity index (χ0v) is 17.7. The highest BCUT2D eigenvalue weighted by Gasteiger charge is 2.33. The number of nitrogens with zero attached hydrogens (tertiary/aromatic N) is 2. The molecule has 0 radical (unpaired) electrons. The Bertz CT molecular complexity index is 1280. The van der Waals surface area contributed by atoms with Crippen molar-refractivity contribution in [3.05, 3.63) is 94.5 Å². The topological polar surface area (TPSA) is 64.1 Å². The summed E-state index contributed by atoms with van der Waals surface area (Å²) in [7, 11) is 0. The van der Waals surface area contributed by atoms with Crippen molar-refractivity contribution < 1.29 is 18.3 Å². The van der Waals surface area contributed by atoms with Gasteiger partial charge in [0, 0.05) is 16.0 Å². The number of rotatable bonds is 6. The lowest BCUT2D eigenvalue weighted by Gasteiger charge is -2.18. The molecule has 5 nitrogen and oxygen atoms in total. The number of carbonyl (C=O) groups excluding carboxylic acids is 1. The minimum atomic E-state index is -3.30. The lowest BCUT2D eigenvalue weighted by Crippen LogP contribution is -2.35. The number of benzene rings is 3. The molecule has 0 bridgehead atoms. The van der Waals surface area contributed by atoms with E-state index in [-0.39, 0.29) is 17.0 Å². The molecule has 162 valence electrons. The molecule has 1 aromatic heterocycles. The Balaban J connectivity index is 1.65. The fourth-order valence-corrected chi connectivity index (χ4v) is 3.32. The summed E-state index contributed by atoms with van der Waals surface area (Å²) in [5.74, 6) is -3.65. The first-order valence-electron chi connectivity index (χ1n) is 9.75. The average molecular weight is 454 g/mol. The largest absolute Gasteiger partial charge is 0.437 e. The van der Waals surface area contributed by atoms with Crippen LogP contribution in [0.3, 0.4) is 0 Å². The van der Waals surface area contributed by atoms with Gasteiger partial charge in [-0.1, -0.05) is 54.1 Å². The molecule has 0 spiro atoms. The fourth-order valence-electron chi connectivity index (χ4n) is 3.19. The van der Waals surface area contributed by atoms with Gasteiger partial charge in [0.2, 0.25) is 0 Å². The highest BCUT2D eigenvalue weighted by Crippen LogP contribution is 2.31. The fraction of sp³-hybridized carbons (Fsp3) is 0.125. The number of hydrogen-bond acceptors (Lipinski definition) is 4. The first kappa shape index (κ1) is 21.6. The predicted octanol–water partition coefficient (Wildman–Crippen LogP) is 5.91. The van der Waals surface area contributed by atoms with Crippen molar-refractivity contribution in [2.75, 3.05) is 6.54 Å². The molecule has 8 heteroatoms. The number of aryl methyl sites for hydroxylation is 1. The van der Waals surface area contributed by atoms with Gasteiger partial charge in [0.05, 0.1) is 12.1 Å². The maximum Gasteiger partial charge on any atom is 0.290 e. The van der Waals surface area contributed by atoms with Gasteiger partial charge in [0.1, 0.15) is 11.3 Å². The second-order valence-corrected chi connectivity index (χ2v) is 7.65. The van der Waals surface area contributed by atoms with E-state index in [4.69, 9.17) is 16.3 Å². The van der Waals surface area contributed by atoms with E-state index >= 15 is 0 Å². The predicted molar refractivity (Wildman–Crippen MR) is 118 cm³/mol. The smallest absolute Gasteiger partial charge is 0.290 e. The summed E-state index contributed by atoms with van der Waals surface area (Å²) in [5.41, 5.74) is 1.17. The van der Waals surface area contributed by atoms with E-state index in [1.807, 2.05) is 13.0 Å². The van der Waals surface area contributed by atoms with Crippen LogP contribution in [-0.2, 0) is 5.92 Å². The van der Waals surface area contributed by atoms with Gasteiger partial charge in [-0.05, 0) is 42.8 Å². The van der Waals surface area contributed by atoms with Crippen LogP contribution in [0.2, 0.25) is 5.02 Å². The van der Waals surface area contributed by atoms with Crippen molar-refractivity contribution in [2.24, 2.45) is 0 Å². The van der Waals surface area contributed by atoms with Crippen molar-refractivity contribution >= 4 is 28.4 Å². The van der Waals surface area contributed by atoms with E-state index in [1.165, 1.54) is 24.3 Å². The third kappa shape index (κ3) is 4.68. The first-order valence-corrected chi connectivity index (χ1v) is 10.1. The Morgan fingerprint density at radius 2 is 1.78 bits per heavy atom. The maximum absolute atomic E-state index is 14.7. The van der Waals surface area contributed by atoms with Gasteiger partial charge in [-0.3, -0.25) is 4.79 Å². The van der Waals surface area contributed by atoms with Crippen molar-refractivity contribution in [1.82, 2.24) is 15.5 Å². The zero-order valence-electron chi connectivity index (χ0n) is 17.0. The number of ether oxygens (including phenoxy) is 1. The summed E-state index contributed by atoms with van der Waals surface area (Å²) < 4.78 is 35.1. The van der Waals surface area contributed by atoms with Gasteiger partial charge in [-0.2, -0.15) is 8.78 Å². The number of alkyl halides is 2. The van der Waals surface area contributed by atoms with Crippen LogP contribution >= 0.6 is 11.6 Å². The second kappa shape index (κ2) is 8.88. The van der Waals surface area contributed by atoms with Gasteiger partial charge in [0.15, 0.2) is 0 Å². The quantitative estimate of drug-likeness (QED) is 0.394. The highest BCUT2D eigenvalue weighted by molar-refractivity contribution is 6.30. The monoisotopic (exact) mass is 453 g/mol. The Kier molecular flexibility index (Phi) is 6.01. The number of hydrogen-bond donors (Lipinski definition) is 1. The van der Waals surface area contributed by atoms with Crippen LogP contribution in [0.25, 0.3) is 10.9 Å². The van der Waals surface area contributed by atoms with E-state index in [1.54, 1.807) is 42.5 Å². The molecule has 0 aliphatic rings. The molecular weight excluding hydrogens is 436 g/mol. The van der Waals surface area contributed by atoms with E-state index in [2.05, 4.69) is 15.5 Å². The summed E-state index contributed by atoms with van der Waals surface area (Å²) >= 11 is 5.78. The lowest BCUT2D eigenvalue weighted by molar-refractivity contribution is -0.00248. The molecule has 0 aliphatic heterocycles. The average Bonchev–Trinajstić information content (AvgIpc) is 2.78. The molecule has 0 saturated carbocycles. The van der Waals surface area contributed by atoms with Crippen molar-refractivity contribution in [1.29, 1.82) is 0 Å². The standard InChI is InChI=1S/C24H18ClF2N3O2/c1-15-5-4-6-18(13-15)32-23-21(19-7-2-3-8-20(19)29-30-23)22(31)28-14-24(26,27)16-9-11-17(25)12-10-16/h2-13H,14H2,1H3,(H,28,31). The van der Waals surface area contributed by atoms with Crippen LogP contribution in [-0.4, -0.2) is 22.6 Å². The number of amides is 1. The van der Waals surface area contributed by atoms with E-state index in [0.717, 1.165) is 5.56 Å². The number of carbonyl (C=O) groups is 1. The summed E-state index contributed by atoms with van der Waals surface area (Å²) in [4.78, 5) is 13.1. The molecule has 1 N–H and O–H groups in total. The Morgan fingerprint density at radius 1 is 1.03 bits per heavy atom. The van der Waals surface area contributed by atoms with Gasteiger partial charge >= 0.3 is 0 Å². The highest BCUT2D eigenvalue weighted by atomic mass is 35.5. The molecule has 0 fully saturated rings. The molecule has 4 rings (SSSR count). The number of halogens is 3. The molecule has 1 heterocycles. The molecule has 1 amide bonds. The van der Waals surface area contributed by atoms with Gasteiger partial charge in [-0.15, -0.1) is 10.2 Å². The Morgan fingerprint density at radius 3 is 2.53 bits per heavy atom. The summed E-state index contributed by atoms with van der Waals surface area (Å²) in [6, 6.07) is 19.2. The van der Waals surface area contributed by atoms with Crippen LogP contribution in [0.15, 0.2) is 72.8 Å². The normalized spacial score (nSPS) is 11.4. The minimum Gasteiger partial charge on any atom is -0.437 e. The van der Waals surface area contributed by atoms with Gasteiger partial charge in [0.25, 0.3) is 17.7 Å². The molecule has 0 aliphatic carbocycles. The van der Waals surface area contributed by atoms with E-state index in [0.29, 0.717) is 21.7 Å². The summed E-state index contributed by atoms with van der Waals surface area (Å²) in [6.07, 6.45) is 0. The van der Waals surface area contributed by atoms with Crippen molar-refractivity contribution in [3.63, 3.8) is 0 Å². The molecule has 3 aromatic carbocycles. The molecule has 0 atom stereocenters. The zero-order chi connectivity index (χ0) is 22.7. The number of fused-ring (bicyclic) bond motifs is 1. The SMILES string of the molecule is Cc1cccc(Oc2nnc3ccccc3c2C(=O)NCC(F)(F)c2ccc(Cl)cc2)c1. The third-order valence-corrected chi connectivity index (χ3v) is 5.06. The Labute approximate surface area is 188 Å². The maximum atomic E-state index is 14.7. The van der Waals surface area contributed by atoms with Crippen molar-refractivity contribution in [2.45, 2.75) is 12.8 Å². The second-order valence-electron chi connectivity index (χ2n) is 7.21. The van der Waals surface area contributed by atoms with Crippen LogP contribution in [0.4, 0.5) is 8.78 Å². The van der Waals surface area contributed by atoms with Crippen molar-refractivity contribution in [3.8, 4) is 11.6 Å². The van der Waals surface area contributed by atoms with Crippen LogP contribution in [0.1, 0.15) is 21.5 Å². The number of nitrogens with one attached hydrogen (secondary N) is 1. The van der Waals surface area contributed by atoms with Crippen LogP contribution in [0.5, 0.6) is 11.6 Å². The Hall–Kier alpha value is -3.58. The van der Waals surface area contributed by atoms with Crippen LogP contribution in [0, 0.1) is 6.92 Å². The first-order chi connectivity index (χ1) is 15.3. The third-order valence-electron chi connectivity index (χ3n) is 4.80. The van der Waals surface area contributed by atoms with Gasteiger partial charge in [-0.25, -0.2) is 0 Å². The molecule has 0 unspecified atom stereocenters. The minimum absolute atomic E-state index is 0.0315. The van der Waals surface area contributed by atoms with Crippen LogP contribution < -0.4 is 10.1 Å². The summed E-state index contributed by atoms with van der Waals surface area (Å²) in [5, 5.41) is 11.2. The molecule has 32 heavy (non-hydrogen) atoms. The summed E-state index contributed by atoms with van der Waals surface area (Å²) in [6.45, 7) is 0.986. The van der Waals surface area contributed by atoms with Gasteiger partial charge < -0.3 is 10.1 Å². The molecular formula is C24H18ClF2N3O2. The number of aromatic nitrogens is 2. The van der Waals surface area contributed by atoms with E-state index < -0.39 is 18.4 Å².